The zero-order chi connectivity index (χ0) is 26.7. The van der Waals surface area contributed by atoms with E-state index in [9.17, 15) is 10.2 Å². The molecular weight excluding hydrogens is 675 g/mol. The fraction of sp³-hybridized carbons (Fsp3) is 0.0857. The second-order valence-corrected chi connectivity index (χ2v) is 10.6. The first-order chi connectivity index (χ1) is 18.9. The van der Waals surface area contributed by atoms with Gasteiger partial charge < -0.3 is 10.2 Å². The van der Waals surface area contributed by atoms with E-state index >= 15 is 0 Å². The number of rotatable bonds is 3. The molecule has 0 spiro atoms. The second-order valence-electron chi connectivity index (χ2n) is 10.6. The molecule has 0 radical (unpaired) electrons. The number of aliphatic imine (C=N–C) groups is 1. The maximum absolute atomic E-state index is 11.7. The summed E-state index contributed by atoms with van der Waals surface area (Å²) in [7, 11) is 0. The number of pyridine rings is 1. The molecule has 1 heterocycles. The van der Waals surface area contributed by atoms with Gasteiger partial charge in [0.25, 0.3) is 0 Å². The Morgan fingerprint density at radius 2 is 1.45 bits per heavy atom. The number of aromatic nitrogens is 1. The van der Waals surface area contributed by atoms with Crippen LogP contribution in [0, 0.1) is 0 Å². The first-order valence-electron chi connectivity index (χ1n) is 13.0. The van der Waals surface area contributed by atoms with Crippen LogP contribution in [0.4, 0.5) is 5.69 Å². The van der Waals surface area contributed by atoms with E-state index in [4.69, 9.17) is 9.98 Å². The largest absolute Gasteiger partial charge is 0.507 e. The van der Waals surface area contributed by atoms with Gasteiger partial charge in [-0.3, -0.25) is 4.99 Å². The number of phenols is 2. The van der Waals surface area contributed by atoms with E-state index in [1.165, 1.54) is 5.56 Å². The third-order valence-electron chi connectivity index (χ3n) is 7.93. The molecule has 1 aromatic heterocycles. The van der Waals surface area contributed by atoms with Gasteiger partial charge in [0.15, 0.2) is 0 Å². The maximum Gasteiger partial charge on any atom is 0.133 e. The van der Waals surface area contributed by atoms with E-state index < -0.39 is 0 Å². The Hall–Kier alpha value is -4.27. The van der Waals surface area contributed by atoms with Crippen LogP contribution in [0.3, 0.4) is 0 Å². The van der Waals surface area contributed by atoms with Gasteiger partial charge in [0.05, 0.1) is 23.3 Å². The number of fused-ring (bicyclic) bond motifs is 5. The van der Waals surface area contributed by atoms with Gasteiger partial charge in [-0.05, 0) is 51.7 Å². The van der Waals surface area contributed by atoms with Crippen LogP contribution in [0.15, 0.2) is 108 Å². The van der Waals surface area contributed by atoms with Gasteiger partial charge in [0.2, 0.25) is 0 Å². The standard InChI is InChI=1S/C35H26N2O2.Pt/c1-35(2)27-14-6-5-13-25(27)32-28(35)18-17-26(34(32)39)33-24-12-4-3-9-22(24)19-23(37-33)20-36-29-15-7-10-21-11-8-16-30(38)31(21)29;/h3-20,38-39H,1-2H3;. The molecule has 0 amide bonds. The average Bonchev–Trinajstić information content (AvgIpc) is 3.19. The molecule has 5 heteroatoms. The monoisotopic (exact) mass is 701 g/mol. The summed E-state index contributed by atoms with van der Waals surface area (Å²) in [5.74, 6) is 0.440. The van der Waals surface area contributed by atoms with Gasteiger partial charge in [-0.2, -0.15) is 0 Å². The first kappa shape index (κ1) is 26.0. The molecule has 198 valence electrons. The van der Waals surface area contributed by atoms with Crippen molar-refractivity contribution >= 4 is 33.4 Å². The van der Waals surface area contributed by atoms with Gasteiger partial charge in [-0.15, -0.1) is 0 Å². The Balaban J connectivity index is 0.00000289. The third kappa shape index (κ3) is 3.94. The Morgan fingerprint density at radius 1 is 0.725 bits per heavy atom. The smallest absolute Gasteiger partial charge is 0.133 e. The molecule has 0 saturated carbocycles. The van der Waals surface area contributed by atoms with Crippen LogP contribution >= 0.6 is 0 Å². The summed E-state index contributed by atoms with van der Waals surface area (Å²) in [4.78, 5) is 9.72. The van der Waals surface area contributed by atoms with Crippen molar-refractivity contribution in [2.75, 3.05) is 0 Å². The first-order valence-corrected chi connectivity index (χ1v) is 13.0. The molecule has 0 unspecified atom stereocenters. The van der Waals surface area contributed by atoms with E-state index in [2.05, 4.69) is 38.1 Å². The van der Waals surface area contributed by atoms with Crippen LogP contribution in [-0.2, 0) is 26.5 Å². The minimum absolute atomic E-state index is 0. The van der Waals surface area contributed by atoms with Gasteiger partial charge in [0.1, 0.15) is 11.5 Å². The number of benzene rings is 5. The molecule has 1 aliphatic rings. The summed E-state index contributed by atoms with van der Waals surface area (Å²) in [6.07, 6.45) is 1.72. The normalized spacial score (nSPS) is 13.3. The van der Waals surface area contributed by atoms with Crippen molar-refractivity contribution in [3.8, 4) is 33.9 Å². The topological polar surface area (TPSA) is 65.7 Å². The quantitative estimate of drug-likeness (QED) is 0.182. The van der Waals surface area contributed by atoms with E-state index in [0.29, 0.717) is 28.0 Å². The molecule has 5 aromatic carbocycles. The number of hydrogen-bond acceptors (Lipinski definition) is 4. The van der Waals surface area contributed by atoms with Gasteiger partial charge >= 0.3 is 0 Å². The van der Waals surface area contributed by atoms with Crippen molar-refractivity contribution in [1.82, 2.24) is 4.98 Å². The molecule has 2 N–H and O–H groups in total. The molecule has 1 aliphatic carbocycles. The van der Waals surface area contributed by atoms with Gasteiger partial charge in [-0.1, -0.05) is 92.7 Å². The maximum atomic E-state index is 11.7. The van der Waals surface area contributed by atoms with Crippen LogP contribution in [0.5, 0.6) is 11.5 Å². The second kappa shape index (κ2) is 9.73. The number of aromatic hydroxyl groups is 2. The minimum atomic E-state index is -0.198. The number of hydrogen-bond donors (Lipinski definition) is 2. The van der Waals surface area contributed by atoms with Crippen LogP contribution in [0.2, 0.25) is 0 Å². The average molecular weight is 702 g/mol. The summed E-state index contributed by atoms with van der Waals surface area (Å²) >= 11 is 0. The zero-order valence-electron chi connectivity index (χ0n) is 22.0. The van der Waals surface area contributed by atoms with Gasteiger partial charge in [-0.25, -0.2) is 4.98 Å². The molecule has 6 aromatic rings. The fourth-order valence-electron chi connectivity index (χ4n) is 6.00. The van der Waals surface area contributed by atoms with Crippen molar-refractivity contribution in [2.45, 2.75) is 19.3 Å². The van der Waals surface area contributed by atoms with Crippen molar-refractivity contribution in [3.05, 3.63) is 120 Å². The molecule has 7 rings (SSSR count). The number of nitrogens with zero attached hydrogens (tertiary/aromatic N) is 2. The molecule has 4 nitrogen and oxygen atoms in total. The third-order valence-corrected chi connectivity index (χ3v) is 7.93. The SMILES string of the molecule is CC1(C)c2ccccc2-c2c1ccc(-c1nc(C=Nc3cccc4cccc(O)c34)cc3ccccc13)c2O.[Pt]. The van der Waals surface area contributed by atoms with Crippen LogP contribution in [-0.4, -0.2) is 21.4 Å². The van der Waals surface area contributed by atoms with Crippen molar-refractivity contribution in [3.63, 3.8) is 0 Å². The molecule has 0 aliphatic heterocycles. The van der Waals surface area contributed by atoms with E-state index in [0.717, 1.165) is 32.8 Å². The number of phenolic OH excluding ortho intramolecular Hbond substituents is 2. The zero-order valence-corrected chi connectivity index (χ0v) is 24.3. The van der Waals surface area contributed by atoms with Gasteiger partial charge in [0, 0.05) is 48.4 Å². The Kier molecular flexibility index (Phi) is 6.32. The molecule has 0 bridgehead atoms. The Labute approximate surface area is 247 Å². The van der Waals surface area contributed by atoms with E-state index in [1.54, 1.807) is 12.3 Å². The summed E-state index contributed by atoms with van der Waals surface area (Å²) in [5.41, 5.74) is 6.80. The predicted octanol–water partition coefficient (Wildman–Crippen LogP) is 8.52. The molecule has 0 fully saturated rings. The summed E-state index contributed by atoms with van der Waals surface area (Å²) < 4.78 is 0. The van der Waals surface area contributed by atoms with E-state index in [1.807, 2.05) is 72.8 Å². The molecule has 0 saturated heterocycles. The van der Waals surface area contributed by atoms with Crippen LogP contribution in [0.25, 0.3) is 43.9 Å². The van der Waals surface area contributed by atoms with E-state index in [-0.39, 0.29) is 38.0 Å². The Bertz CT molecular complexity index is 1970. The summed E-state index contributed by atoms with van der Waals surface area (Å²) in [6.45, 7) is 4.40. The fourth-order valence-corrected chi connectivity index (χ4v) is 6.00. The Morgan fingerprint density at radius 3 is 2.30 bits per heavy atom. The summed E-state index contributed by atoms with van der Waals surface area (Å²) in [5, 5.41) is 25.8. The minimum Gasteiger partial charge on any atom is -0.507 e. The van der Waals surface area contributed by atoms with Crippen molar-refractivity contribution in [1.29, 1.82) is 0 Å². The van der Waals surface area contributed by atoms with Crippen LogP contribution in [0.1, 0.15) is 30.7 Å². The predicted molar refractivity (Wildman–Crippen MR) is 159 cm³/mol. The molecular formula is C35H26N2O2Pt. The van der Waals surface area contributed by atoms with Crippen molar-refractivity contribution < 1.29 is 31.3 Å². The van der Waals surface area contributed by atoms with Crippen molar-refractivity contribution in [2.24, 2.45) is 4.99 Å². The van der Waals surface area contributed by atoms with Crippen LogP contribution < -0.4 is 0 Å². The molecule has 40 heavy (non-hydrogen) atoms. The summed E-state index contributed by atoms with van der Waals surface area (Å²) in [6, 6.07) is 33.7. The molecule has 0 atom stereocenters.